The zero-order chi connectivity index (χ0) is 20.8. The molecule has 0 aliphatic carbocycles. The molecule has 1 amide bonds. The third-order valence-electron chi connectivity index (χ3n) is 4.81. The van der Waals surface area contributed by atoms with Gasteiger partial charge in [0.05, 0.1) is 6.61 Å². The van der Waals surface area contributed by atoms with Crippen LogP contribution in [0.15, 0.2) is 42.5 Å². The van der Waals surface area contributed by atoms with Crippen LogP contribution in [-0.2, 0) is 17.6 Å². The second kappa shape index (κ2) is 9.61. The fraction of sp³-hybridized carbons (Fsp3) is 0.375. The Morgan fingerprint density at radius 2 is 2.03 bits per heavy atom. The second-order valence-corrected chi connectivity index (χ2v) is 7.64. The Balaban J connectivity index is 1.65. The zero-order valence-electron chi connectivity index (χ0n) is 17.7. The van der Waals surface area contributed by atoms with E-state index in [0.29, 0.717) is 6.61 Å². The first kappa shape index (κ1) is 20.9. The van der Waals surface area contributed by atoms with E-state index >= 15 is 0 Å². The predicted octanol–water partition coefficient (Wildman–Crippen LogP) is 4.16. The van der Waals surface area contributed by atoms with E-state index in [1.165, 1.54) is 11.6 Å². The first-order valence-electron chi connectivity index (χ1n) is 10.1. The molecule has 0 aromatic heterocycles. The number of likely N-dealkylation sites (N-methyl/N-ethyl adjacent to an activating group) is 1. The molecule has 0 fully saturated rings. The van der Waals surface area contributed by atoms with Gasteiger partial charge in [0, 0.05) is 35.9 Å². The lowest BCUT2D eigenvalue weighted by atomic mass is 10.1. The molecule has 0 spiro atoms. The highest BCUT2D eigenvalue weighted by molar-refractivity contribution is 6.02. The molecule has 0 bridgehead atoms. The fourth-order valence-electron chi connectivity index (χ4n) is 3.32. The van der Waals surface area contributed by atoms with E-state index in [0.717, 1.165) is 47.7 Å². The van der Waals surface area contributed by atoms with Crippen molar-refractivity contribution in [2.75, 3.05) is 32.6 Å². The number of carbonyl (C=O) groups is 1. The van der Waals surface area contributed by atoms with Crippen LogP contribution in [0.25, 0.3) is 6.08 Å². The van der Waals surface area contributed by atoms with Gasteiger partial charge in [-0.1, -0.05) is 12.1 Å². The molecule has 5 heteroatoms. The molecule has 0 saturated heterocycles. The monoisotopic (exact) mass is 394 g/mol. The number of fused-ring (bicyclic) bond motifs is 1. The molecule has 3 rings (SSSR count). The van der Waals surface area contributed by atoms with Crippen molar-refractivity contribution in [1.29, 1.82) is 0 Å². The fourth-order valence-corrected chi connectivity index (χ4v) is 3.32. The summed E-state index contributed by atoms with van der Waals surface area (Å²) < 4.78 is 11.6. The molecule has 1 aliphatic heterocycles. The summed E-state index contributed by atoms with van der Waals surface area (Å²) in [7, 11) is 4.12. The molecule has 0 radical (unpaired) electrons. The summed E-state index contributed by atoms with van der Waals surface area (Å²) in [6.45, 7) is 5.58. The minimum atomic E-state index is -0.178. The molecule has 2 aromatic rings. The molecule has 1 unspecified atom stereocenters. The smallest absolute Gasteiger partial charge is 0.248 e. The van der Waals surface area contributed by atoms with Gasteiger partial charge in [-0.25, -0.2) is 0 Å². The number of rotatable bonds is 8. The molecule has 1 heterocycles. The van der Waals surface area contributed by atoms with Gasteiger partial charge in [0.2, 0.25) is 5.91 Å². The summed E-state index contributed by atoms with van der Waals surface area (Å²) in [5, 5.41) is 2.91. The number of benzene rings is 2. The molecule has 2 aromatic carbocycles. The van der Waals surface area contributed by atoms with Crippen molar-refractivity contribution in [3.05, 3.63) is 59.2 Å². The Morgan fingerprint density at radius 3 is 2.72 bits per heavy atom. The molecule has 154 valence electrons. The Hall–Kier alpha value is -2.79. The SMILES string of the molecule is CCOc1cc2c(cc1/C=C/C(=O)Nc1ccc(CCN(C)C)cc1)OC(C)C2. The lowest BCUT2D eigenvalue weighted by Gasteiger charge is -2.10. The van der Waals surface area contributed by atoms with Gasteiger partial charge in [-0.2, -0.15) is 0 Å². The number of ether oxygens (including phenoxy) is 2. The van der Waals surface area contributed by atoms with Gasteiger partial charge in [-0.15, -0.1) is 0 Å². The van der Waals surface area contributed by atoms with Crippen LogP contribution in [0.3, 0.4) is 0 Å². The van der Waals surface area contributed by atoms with Crippen molar-refractivity contribution < 1.29 is 14.3 Å². The Morgan fingerprint density at radius 1 is 1.28 bits per heavy atom. The van der Waals surface area contributed by atoms with Gasteiger partial charge < -0.3 is 19.7 Å². The topological polar surface area (TPSA) is 50.8 Å². The van der Waals surface area contributed by atoms with Crippen LogP contribution in [0.2, 0.25) is 0 Å². The van der Waals surface area contributed by atoms with Crippen molar-refractivity contribution in [2.24, 2.45) is 0 Å². The van der Waals surface area contributed by atoms with E-state index in [9.17, 15) is 4.79 Å². The summed E-state index contributed by atoms with van der Waals surface area (Å²) in [5.41, 5.74) is 4.02. The highest BCUT2D eigenvalue weighted by Gasteiger charge is 2.21. The molecule has 1 atom stereocenters. The average molecular weight is 395 g/mol. The predicted molar refractivity (Wildman–Crippen MR) is 118 cm³/mol. The minimum absolute atomic E-state index is 0.169. The highest BCUT2D eigenvalue weighted by Crippen LogP contribution is 2.35. The van der Waals surface area contributed by atoms with E-state index in [4.69, 9.17) is 9.47 Å². The van der Waals surface area contributed by atoms with Crippen LogP contribution in [0, 0.1) is 0 Å². The van der Waals surface area contributed by atoms with Gasteiger partial charge in [-0.05, 0) is 70.3 Å². The first-order valence-corrected chi connectivity index (χ1v) is 10.1. The van der Waals surface area contributed by atoms with E-state index in [2.05, 4.69) is 43.4 Å². The largest absolute Gasteiger partial charge is 0.493 e. The molecular formula is C24H30N2O3. The summed E-state index contributed by atoms with van der Waals surface area (Å²) >= 11 is 0. The third kappa shape index (κ3) is 5.84. The summed E-state index contributed by atoms with van der Waals surface area (Å²) in [6, 6.07) is 11.9. The number of nitrogens with one attached hydrogen (secondary N) is 1. The zero-order valence-corrected chi connectivity index (χ0v) is 17.7. The lowest BCUT2D eigenvalue weighted by molar-refractivity contribution is -0.111. The maximum Gasteiger partial charge on any atom is 0.248 e. The quantitative estimate of drug-likeness (QED) is 0.683. The van der Waals surface area contributed by atoms with Crippen molar-refractivity contribution in [2.45, 2.75) is 32.8 Å². The van der Waals surface area contributed by atoms with Crippen LogP contribution in [0.4, 0.5) is 5.69 Å². The van der Waals surface area contributed by atoms with E-state index in [-0.39, 0.29) is 12.0 Å². The van der Waals surface area contributed by atoms with Gasteiger partial charge in [0.15, 0.2) is 0 Å². The Bertz CT molecular complexity index is 872. The van der Waals surface area contributed by atoms with Crippen molar-refractivity contribution in [1.82, 2.24) is 4.90 Å². The van der Waals surface area contributed by atoms with E-state index in [1.807, 2.05) is 31.2 Å². The summed E-state index contributed by atoms with van der Waals surface area (Å²) in [5.74, 6) is 1.47. The average Bonchev–Trinajstić information content (AvgIpc) is 3.04. The molecule has 1 aliphatic rings. The van der Waals surface area contributed by atoms with Gasteiger partial charge in [-0.3, -0.25) is 4.79 Å². The maximum atomic E-state index is 12.4. The van der Waals surface area contributed by atoms with Crippen LogP contribution in [-0.4, -0.2) is 44.2 Å². The Labute approximate surface area is 173 Å². The normalized spacial score (nSPS) is 15.4. The van der Waals surface area contributed by atoms with E-state index < -0.39 is 0 Å². The van der Waals surface area contributed by atoms with Gasteiger partial charge >= 0.3 is 0 Å². The number of anilines is 1. The summed E-state index contributed by atoms with van der Waals surface area (Å²) in [6.07, 6.45) is 5.34. The second-order valence-electron chi connectivity index (χ2n) is 7.64. The van der Waals surface area contributed by atoms with Crippen LogP contribution >= 0.6 is 0 Å². The first-order chi connectivity index (χ1) is 13.9. The molecule has 1 N–H and O–H groups in total. The van der Waals surface area contributed by atoms with Crippen LogP contribution in [0.5, 0.6) is 11.5 Å². The van der Waals surface area contributed by atoms with Crippen molar-refractivity contribution in [3.8, 4) is 11.5 Å². The van der Waals surface area contributed by atoms with Crippen molar-refractivity contribution in [3.63, 3.8) is 0 Å². The molecular weight excluding hydrogens is 364 g/mol. The number of hydrogen-bond acceptors (Lipinski definition) is 4. The van der Waals surface area contributed by atoms with Crippen LogP contribution in [0.1, 0.15) is 30.5 Å². The van der Waals surface area contributed by atoms with E-state index in [1.54, 1.807) is 6.08 Å². The van der Waals surface area contributed by atoms with Gasteiger partial charge in [0.25, 0.3) is 0 Å². The molecule has 5 nitrogen and oxygen atoms in total. The standard InChI is InChI=1S/C24H30N2O3/c1-5-28-22-16-20-14-17(2)29-23(20)15-19(22)8-11-24(27)25-21-9-6-18(7-10-21)12-13-26(3)4/h6-11,15-17H,5,12-14H2,1-4H3,(H,25,27)/b11-8+. The Kier molecular flexibility index (Phi) is 6.94. The molecule has 29 heavy (non-hydrogen) atoms. The van der Waals surface area contributed by atoms with Crippen LogP contribution < -0.4 is 14.8 Å². The van der Waals surface area contributed by atoms with Crippen molar-refractivity contribution >= 4 is 17.7 Å². The third-order valence-corrected chi connectivity index (χ3v) is 4.81. The maximum absolute atomic E-state index is 12.4. The van der Waals surface area contributed by atoms with Gasteiger partial charge in [0.1, 0.15) is 17.6 Å². The summed E-state index contributed by atoms with van der Waals surface area (Å²) in [4.78, 5) is 14.5. The highest BCUT2D eigenvalue weighted by atomic mass is 16.5. The minimum Gasteiger partial charge on any atom is -0.493 e. The number of carbonyl (C=O) groups excluding carboxylic acids is 1. The number of amides is 1. The molecule has 0 saturated carbocycles. The number of nitrogens with zero attached hydrogens (tertiary/aromatic N) is 1. The lowest BCUT2D eigenvalue weighted by Crippen LogP contribution is -2.15. The number of hydrogen-bond donors (Lipinski definition) is 1.